The number of aryl methyl sites for hydroxylation is 1. The highest BCUT2D eigenvalue weighted by Crippen LogP contribution is 2.29. The van der Waals surface area contributed by atoms with Gasteiger partial charge in [0.15, 0.2) is 0 Å². The number of nitrogens with zero attached hydrogens (tertiary/aromatic N) is 1. The van der Waals surface area contributed by atoms with Crippen LogP contribution in [0.5, 0.6) is 0 Å². The van der Waals surface area contributed by atoms with Crippen LogP contribution in [-0.2, 0) is 25.7 Å². The SMILES string of the molecule is COCCCC(C(=O)OC)c1cccc(C)c1CO/N=C(\C)c1ccccc1F. The van der Waals surface area contributed by atoms with Crippen LogP contribution in [0.4, 0.5) is 4.39 Å². The van der Waals surface area contributed by atoms with Crippen molar-refractivity contribution in [2.75, 3.05) is 20.8 Å². The summed E-state index contributed by atoms with van der Waals surface area (Å²) >= 11 is 0. The van der Waals surface area contributed by atoms with Crippen molar-refractivity contribution >= 4 is 11.7 Å². The second-order valence-corrected chi connectivity index (χ2v) is 6.78. The lowest BCUT2D eigenvalue weighted by atomic mass is 9.88. The molecule has 0 fully saturated rings. The molecule has 29 heavy (non-hydrogen) atoms. The predicted molar refractivity (Wildman–Crippen MR) is 110 cm³/mol. The van der Waals surface area contributed by atoms with Crippen molar-refractivity contribution in [3.63, 3.8) is 0 Å². The monoisotopic (exact) mass is 401 g/mol. The lowest BCUT2D eigenvalue weighted by molar-refractivity contribution is -0.142. The summed E-state index contributed by atoms with van der Waals surface area (Å²) in [6.45, 7) is 4.39. The Labute approximate surface area is 171 Å². The Bertz CT molecular complexity index is 851. The van der Waals surface area contributed by atoms with Crippen molar-refractivity contribution < 1.29 is 23.5 Å². The Balaban J connectivity index is 2.23. The molecule has 2 rings (SSSR count). The minimum absolute atomic E-state index is 0.172. The average molecular weight is 401 g/mol. The van der Waals surface area contributed by atoms with E-state index in [2.05, 4.69) is 5.16 Å². The van der Waals surface area contributed by atoms with Crippen LogP contribution in [0, 0.1) is 12.7 Å². The van der Waals surface area contributed by atoms with Crippen molar-refractivity contribution in [3.05, 3.63) is 70.5 Å². The van der Waals surface area contributed by atoms with Crippen LogP contribution >= 0.6 is 0 Å². The zero-order valence-corrected chi connectivity index (χ0v) is 17.4. The van der Waals surface area contributed by atoms with Gasteiger partial charge in [-0.05, 0) is 49.4 Å². The number of methoxy groups -OCH3 is 2. The van der Waals surface area contributed by atoms with E-state index < -0.39 is 5.92 Å². The highest BCUT2D eigenvalue weighted by molar-refractivity contribution is 5.98. The maximum absolute atomic E-state index is 13.9. The number of carbonyl (C=O) groups is 1. The van der Waals surface area contributed by atoms with E-state index in [0.717, 1.165) is 23.1 Å². The molecule has 5 nitrogen and oxygen atoms in total. The molecule has 6 heteroatoms. The van der Waals surface area contributed by atoms with E-state index in [-0.39, 0.29) is 18.4 Å². The van der Waals surface area contributed by atoms with Crippen molar-refractivity contribution in [1.29, 1.82) is 0 Å². The fourth-order valence-electron chi connectivity index (χ4n) is 3.22. The lowest BCUT2D eigenvalue weighted by Gasteiger charge is -2.19. The molecule has 0 N–H and O–H groups in total. The third kappa shape index (κ3) is 6.12. The number of ether oxygens (including phenoxy) is 2. The van der Waals surface area contributed by atoms with E-state index in [1.165, 1.54) is 13.2 Å². The number of oxime groups is 1. The van der Waals surface area contributed by atoms with Crippen LogP contribution in [0.15, 0.2) is 47.6 Å². The van der Waals surface area contributed by atoms with Crippen LogP contribution < -0.4 is 0 Å². The summed E-state index contributed by atoms with van der Waals surface area (Å²) in [5.74, 6) is -1.05. The highest BCUT2D eigenvalue weighted by Gasteiger charge is 2.24. The molecule has 0 bridgehead atoms. The Morgan fingerprint density at radius 3 is 2.59 bits per heavy atom. The van der Waals surface area contributed by atoms with Crippen LogP contribution in [-0.4, -0.2) is 32.5 Å². The van der Waals surface area contributed by atoms with Gasteiger partial charge in [-0.3, -0.25) is 4.79 Å². The maximum atomic E-state index is 13.9. The molecule has 0 amide bonds. The van der Waals surface area contributed by atoms with Gasteiger partial charge in [0.05, 0.1) is 18.7 Å². The highest BCUT2D eigenvalue weighted by atomic mass is 19.1. The van der Waals surface area contributed by atoms with E-state index >= 15 is 0 Å². The first-order valence-corrected chi connectivity index (χ1v) is 9.56. The number of hydrogen-bond acceptors (Lipinski definition) is 5. The largest absolute Gasteiger partial charge is 0.469 e. The lowest BCUT2D eigenvalue weighted by Crippen LogP contribution is -2.17. The summed E-state index contributed by atoms with van der Waals surface area (Å²) in [4.78, 5) is 17.9. The summed E-state index contributed by atoms with van der Waals surface area (Å²) in [6.07, 6.45) is 1.34. The third-order valence-electron chi connectivity index (χ3n) is 4.82. The van der Waals surface area contributed by atoms with Crippen LogP contribution in [0.2, 0.25) is 0 Å². The van der Waals surface area contributed by atoms with E-state index in [0.29, 0.717) is 24.3 Å². The molecule has 0 heterocycles. The fourth-order valence-corrected chi connectivity index (χ4v) is 3.22. The molecule has 1 unspecified atom stereocenters. The molecule has 0 radical (unpaired) electrons. The van der Waals surface area contributed by atoms with Crippen molar-refractivity contribution in [3.8, 4) is 0 Å². The molecule has 2 aromatic rings. The summed E-state index contributed by atoms with van der Waals surface area (Å²) in [6, 6.07) is 12.2. The van der Waals surface area contributed by atoms with Gasteiger partial charge in [-0.15, -0.1) is 0 Å². The second kappa shape index (κ2) is 11.3. The topological polar surface area (TPSA) is 57.1 Å². The number of rotatable bonds is 10. The molecule has 0 aliphatic carbocycles. The molecule has 0 spiro atoms. The molecule has 0 aliphatic rings. The molecular weight excluding hydrogens is 373 g/mol. The van der Waals surface area contributed by atoms with E-state index in [1.807, 2.05) is 25.1 Å². The molecule has 156 valence electrons. The van der Waals surface area contributed by atoms with Gasteiger partial charge in [-0.1, -0.05) is 41.6 Å². The molecule has 2 aromatic carbocycles. The molecule has 0 aliphatic heterocycles. The third-order valence-corrected chi connectivity index (χ3v) is 4.82. The molecule has 1 atom stereocenters. The number of halogens is 1. The van der Waals surface area contributed by atoms with E-state index in [1.54, 1.807) is 32.2 Å². The predicted octanol–water partition coefficient (Wildman–Crippen LogP) is 4.76. The normalized spacial score (nSPS) is 12.5. The zero-order chi connectivity index (χ0) is 21.2. The van der Waals surface area contributed by atoms with Gasteiger partial charge in [-0.25, -0.2) is 4.39 Å². The van der Waals surface area contributed by atoms with Gasteiger partial charge in [0.2, 0.25) is 0 Å². The van der Waals surface area contributed by atoms with Crippen LogP contribution in [0.1, 0.15) is 47.9 Å². The van der Waals surface area contributed by atoms with Crippen molar-refractivity contribution in [2.45, 2.75) is 39.2 Å². The van der Waals surface area contributed by atoms with Gasteiger partial charge in [0, 0.05) is 19.3 Å². The molecule has 0 aromatic heterocycles. The number of benzene rings is 2. The van der Waals surface area contributed by atoms with Crippen molar-refractivity contribution in [1.82, 2.24) is 0 Å². The molecular formula is C23H28FNO4. The van der Waals surface area contributed by atoms with Gasteiger partial charge < -0.3 is 14.3 Å². The summed E-state index contributed by atoms with van der Waals surface area (Å²) in [5.41, 5.74) is 3.56. The Hall–Kier alpha value is -2.73. The first-order chi connectivity index (χ1) is 14.0. The Morgan fingerprint density at radius 2 is 1.90 bits per heavy atom. The van der Waals surface area contributed by atoms with Gasteiger partial charge in [-0.2, -0.15) is 0 Å². The molecule has 0 saturated heterocycles. The minimum atomic E-state index is -0.412. The maximum Gasteiger partial charge on any atom is 0.313 e. The summed E-state index contributed by atoms with van der Waals surface area (Å²) < 4.78 is 24.0. The summed E-state index contributed by atoms with van der Waals surface area (Å²) in [7, 11) is 3.02. The molecule has 0 saturated carbocycles. The first-order valence-electron chi connectivity index (χ1n) is 9.56. The Morgan fingerprint density at radius 1 is 1.14 bits per heavy atom. The standard InChI is InChI=1S/C23H28FNO4/c1-16-9-7-11-19(20(23(26)28-4)12-8-14-27-3)21(16)15-29-25-17(2)18-10-5-6-13-22(18)24/h5-7,9-11,13,20H,8,12,14-15H2,1-4H3/b25-17+. The van der Waals surface area contributed by atoms with Gasteiger partial charge >= 0.3 is 5.97 Å². The average Bonchev–Trinajstić information content (AvgIpc) is 2.72. The summed E-state index contributed by atoms with van der Waals surface area (Å²) in [5, 5.41) is 4.07. The second-order valence-electron chi connectivity index (χ2n) is 6.78. The van der Waals surface area contributed by atoms with E-state index in [4.69, 9.17) is 14.3 Å². The zero-order valence-electron chi connectivity index (χ0n) is 17.4. The quantitative estimate of drug-likeness (QED) is 0.249. The van der Waals surface area contributed by atoms with Crippen LogP contribution in [0.3, 0.4) is 0 Å². The van der Waals surface area contributed by atoms with Gasteiger partial charge in [0.25, 0.3) is 0 Å². The number of carbonyl (C=O) groups excluding carboxylic acids is 1. The minimum Gasteiger partial charge on any atom is -0.469 e. The van der Waals surface area contributed by atoms with Crippen LogP contribution in [0.25, 0.3) is 0 Å². The van der Waals surface area contributed by atoms with E-state index in [9.17, 15) is 9.18 Å². The number of esters is 1. The van der Waals surface area contributed by atoms with Gasteiger partial charge in [0.1, 0.15) is 12.4 Å². The van der Waals surface area contributed by atoms with Crippen molar-refractivity contribution in [2.24, 2.45) is 5.16 Å². The Kier molecular flexibility index (Phi) is 8.80. The smallest absolute Gasteiger partial charge is 0.313 e. The number of hydrogen-bond donors (Lipinski definition) is 0. The first kappa shape index (κ1) is 22.6. The fraction of sp³-hybridized carbons (Fsp3) is 0.391.